The summed E-state index contributed by atoms with van der Waals surface area (Å²) in [4.78, 5) is 18.4. The lowest BCUT2D eigenvalue weighted by atomic mass is 9.96. The fraction of sp³-hybridized carbons (Fsp3) is 0.400. The molecular weight excluding hydrogens is 332 g/mol. The van der Waals surface area contributed by atoms with E-state index in [4.69, 9.17) is 9.47 Å². The molecular formula is C20H24N2O4. The van der Waals surface area contributed by atoms with E-state index in [9.17, 15) is 9.90 Å². The number of methoxy groups -OCH3 is 2. The molecule has 1 aliphatic heterocycles. The fourth-order valence-electron chi connectivity index (χ4n) is 3.68. The van der Waals surface area contributed by atoms with E-state index in [1.165, 1.54) is 0 Å². The number of hydrogen-bond acceptors (Lipinski definition) is 5. The Labute approximate surface area is 153 Å². The molecule has 0 spiro atoms. The highest BCUT2D eigenvalue weighted by atomic mass is 16.5. The summed E-state index contributed by atoms with van der Waals surface area (Å²) in [5, 5.41) is 9.70. The maximum atomic E-state index is 11.8. The minimum atomic E-state index is -0.803. The van der Waals surface area contributed by atoms with Gasteiger partial charge in [0.25, 0.3) is 0 Å². The van der Waals surface area contributed by atoms with Crippen LogP contribution in [0.2, 0.25) is 0 Å². The second kappa shape index (κ2) is 7.74. The van der Waals surface area contributed by atoms with Crippen molar-refractivity contribution in [1.29, 1.82) is 0 Å². The summed E-state index contributed by atoms with van der Waals surface area (Å²) in [7, 11) is 3.23. The summed E-state index contributed by atoms with van der Waals surface area (Å²) < 4.78 is 11.0. The number of carbonyl (C=O) groups is 1. The third kappa shape index (κ3) is 3.37. The molecule has 1 aliphatic rings. The number of carboxylic acids is 1. The predicted molar refractivity (Wildman–Crippen MR) is 97.7 cm³/mol. The number of aliphatic carboxylic acids is 1. The van der Waals surface area contributed by atoms with Gasteiger partial charge in [-0.25, -0.2) is 0 Å². The average Bonchev–Trinajstić information content (AvgIpc) is 3.13. The Morgan fingerprint density at radius 2 is 2.12 bits per heavy atom. The van der Waals surface area contributed by atoms with Crippen LogP contribution in [0.4, 0.5) is 0 Å². The van der Waals surface area contributed by atoms with Crippen LogP contribution in [0.3, 0.4) is 0 Å². The lowest BCUT2D eigenvalue weighted by Gasteiger charge is -2.33. The molecule has 0 amide bonds. The largest absolute Gasteiger partial charge is 0.497 e. The molecule has 0 aliphatic carbocycles. The molecule has 2 aromatic rings. The second-order valence-corrected chi connectivity index (χ2v) is 6.45. The molecule has 138 valence electrons. The third-order valence-corrected chi connectivity index (χ3v) is 4.95. The Hall–Kier alpha value is -2.60. The van der Waals surface area contributed by atoms with Crippen molar-refractivity contribution < 1.29 is 19.4 Å². The highest BCUT2D eigenvalue weighted by Gasteiger charge is 2.39. The van der Waals surface area contributed by atoms with E-state index < -0.39 is 12.0 Å². The van der Waals surface area contributed by atoms with Crippen LogP contribution in [0.25, 0.3) is 0 Å². The van der Waals surface area contributed by atoms with E-state index in [-0.39, 0.29) is 6.04 Å². The Kier molecular flexibility index (Phi) is 5.42. The van der Waals surface area contributed by atoms with Gasteiger partial charge in [-0.05, 0) is 49.6 Å². The lowest BCUT2D eigenvalue weighted by molar-refractivity contribution is -0.142. The second-order valence-electron chi connectivity index (χ2n) is 6.45. The van der Waals surface area contributed by atoms with E-state index >= 15 is 0 Å². The number of likely N-dealkylation sites (tertiary alicyclic amines) is 1. The quantitative estimate of drug-likeness (QED) is 0.858. The lowest BCUT2D eigenvalue weighted by Crippen LogP contribution is -2.40. The Morgan fingerprint density at radius 1 is 1.31 bits per heavy atom. The Balaban J connectivity index is 2.19. The summed E-state index contributed by atoms with van der Waals surface area (Å²) >= 11 is 0. The number of aryl methyl sites for hydroxylation is 1. The summed E-state index contributed by atoms with van der Waals surface area (Å²) in [6.07, 6.45) is 3.21. The smallest absolute Gasteiger partial charge is 0.320 e. The van der Waals surface area contributed by atoms with Crippen LogP contribution in [-0.4, -0.2) is 47.8 Å². The maximum absolute atomic E-state index is 11.8. The number of benzene rings is 1. The molecule has 1 aromatic heterocycles. The maximum Gasteiger partial charge on any atom is 0.320 e. The highest BCUT2D eigenvalue weighted by Crippen LogP contribution is 2.40. The van der Waals surface area contributed by atoms with Crippen molar-refractivity contribution >= 4 is 5.97 Å². The predicted octanol–water partition coefficient (Wildman–Crippen LogP) is 3.05. The molecule has 3 rings (SSSR count). The molecule has 0 saturated carbocycles. The van der Waals surface area contributed by atoms with Crippen molar-refractivity contribution in [3.63, 3.8) is 0 Å². The molecule has 2 heterocycles. The molecule has 6 heteroatoms. The van der Waals surface area contributed by atoms with Gasteiger partial charge in [0.1, 0.15) is 17.5 Å². The first-order chi connectivity index (χ1) is 12.6. The van der Waals surface area contributed by atoms with Crippen LogP contribution in [0.15, 0.2) is 36.5 Å². The zero-order valence-electron chi connectivity index (χ0n) is 15.3. The van der Waals surface area contributed by atoms with Crippen molar-refractivity contribution in [3.05, 3.63) is 53.3 Å². The number of pyridine rings is 1. The zero-order valence-corrected chi connectivity index (χ0v) is 15.3. The van der Waals surface area contributed by atoms with Gasteiger partial charge in [0.2, 0.25) is 0 Å². The Bertz CT molecular complexity index is 793. The summed E-state index contributed by atoms with van der Waals surface area (Å²) in [5.74, 6) is 0.588. The minimum absolute atomic E-state index is 0.315. The van der Waals surface area contributed by atoms with Gasteiger partial charge in [-0.3, -0.25) is 14.7 Å². The van der Waals surface area contributed by atoms with Gasteiger partial charge >= 0.3 is 5.97 Å². The number of hydrogen-bond donors (Lipinski definition) is 1. The first-order valence-electron chi connectivity index (χ1n) is 8.68. The Morgan fingerprint density at radius 3 is 2.77 bits per heavy atom. The van der Waals surface area contributed by atoms with E-state index in [1.54, 1.807) is 20.4 Å². The summed E-state index contributed by atoms with van der Waals surface area (Å²) in [5.41, 5.74) is 2.72. The van der Waals surface area contributed by atoms with Crippen LogP contribution < -0.4 is 9.47 Å². The molecule has 6 nitrogen and oxygen atoms in total. The fourth-order valence-corrected chi connectivity index (χ4v) is 3.68. The number of aromatic nitrogens is 1. The van der Waals surface area contributed by atoms with Gasteiger partial charge in [-0.1, -0.05) is 6.07 Å². The SMILES string of the molecule is COc1ccc(OC)c(C(c2ncccc2C)N2CCCC2C(=O)O)c1. The van der Waals surface area contributed by atoms with E-state index in [0.717, 1.165) is 23.2 Å². The standard InChI is InChI=1S/C20H24N2O4/c1-13-6-4-10-21-18(13)19(22-11-5-7-16(22)20(23)24)15-12-14(25-2)8-9-17(15)26-3/h4,6,8-10,12,16,19H,5,7,11H2,1-3H3,(H,23,24). The molecule has 2 atom stereocenters. The van der Waals surface area contributed by atoms with Gasteiger partial charge in [-0.2, -0.15) is 0 Å². The molecule has 1 fully saturated rings. The van der Waals surface area contributed by atoms with Crippen molar-refractivity contribution in [3.8, 4) is 11.5 Å². The van der Waals surface area contributed by atoms with Crippen LogP contribution in [0.5, 0.6) is 11.5 Å². The summed E-state index contributed by atoms with van der Waals surface area (Å²) in [6, 6.07) is 8.62. The van der Waals surface area contributed by atoms with Crippen molar-refractivity contribution in [2.45, 2.75) is 31.8 Å². The molecule has 1 saturated heterocycles. The van der Waals surface area contributed by atoms with Gasteiger partial charge in [0.05, 0.1) is 26.0 Å². The zero-order chi connectivity index (χ0) is 18.7. The molecule has 0 radical (unpaired) electrons. The molecule has 26 heavy (non-hydrogen) atoms. The average molecular weight is 356 g/mol. The first kappa shape index (κ1) is 18.2. The van der Waals surface area contributed by atoms with Crippen molar-refractivity contribution in [2.24, 2.45) is 0 Å². The molecule has 0 bridgehead atoms. The van der Waals surface area contributed by atoms with E-state index in [0.29, 0.717) is 24.5 Å². The number of nitrogens with zero attached hydrogens (tertiary/aromatic N) is 2. The van der Waals surface area contributed by atoms with Gasteiger partial charge in [-0.15, -0.1) is 0 Å². The number of rotatable bonds is 6. The van der Waals surface area contributed by atoms with Crippen LogP contribution in [-0.2, 0) is 4.79 Å². The molecule has 1 aromatic carbocycles. The van der Waals surface area contributed by atoms with Gasteiger partial charge in [0, 0.05) is 18.3 Å². The normalized spacial score (nSPS) is 18.5. The van der Waals surface area contributed by atoms with Crippen molar-refractivity contribution in [2.75, 3.05) is 20.8 Å². The summed E-state index contributed by atoms with van der Waals surface area (Å²) in [6.45, 7) is 2.69. The molecule has 1 N–H and O–H groups in total. The number of carboxylic acid groups (broad SMARTS) is 1. The minimum Gasteiger partial charge on any atom is -0.497 e. The monoisotopic (exact) mass is 356 g/mol. The topological polar surface area (TPSA) is 71.9 Å². The van der Waals surface area contributed by atoms with Gasteiger partial charge in [0.15, 0.2) is 0 Å². The highest BCUT2D eigenvalue weighted by molar-refractivity contribution is 5.74. The third-order valence-electron chi connectivity index (χ3n) is 4.95. The van der Waals surface area contributed by atoms with Crippen LogP contribution in [0.1, 0.15) is 35.7 Å². The van der Waals surface area contributed by atoms with Gasteiger partial charge < -0.3 is 14.6 Å². The van der Waals surface area contributed by atoms with Crippen molar-refractivity contribution in [1.82, 2.24) is 9.88 Å². The van der Waals surface area contributed by atoms with Crippen LogP contribution in [0, 0.1) is 6.92 Å². The van der Waals surface area contributed by atoms with Crippen LogP contribution >= 0.6 is 0 Å². The first-order valence-corrected chi connectivity index (χ1v) is 8.68. The molecule has 2 unspecified atom stereocenters. The number of ether oxygens (including phenoxy) is 2. The van der Waals surface area contributed by atoms with E-state index in [1.807, 2.05) is 42.2 Å². The van der Waals surface area contributed by atoms with E-state index in [2.05, 4.69) is 4.98 Å².